The molecule has 0 bridgehead atoms. The standard InChI is InChI=1S/C12H26N2O/c1-5-6-10(2)12(13-3)11-9-14(4)7-8-15-11/h10-13H,5-9H2,1-4H3. The van der Waals surface area contributed by atoms with Gasteiger partial charge in [0.2, 0.25) is 0 Å². The Morgan fingerprint density at radius 2 is 2.27 bits per heavy atom. The molecule has 1 heterocycles. The van der Waals surface area contributed by atoms with Crippen LogP contribution >= 0.6 is 0 Å². The van der Waals surface area contributed by atoms with E-state index >= 15 is 0 Å². The predicted molar refractivity (Wildman–Crippen MR) is 64.2 cm³/mol. The van der Waals surface area contributed by atoms with Crippen LogP contribution in [0.3, 0.4) is 0 Å². The third-order valence-electron chi connectivity index (χ3n) is 3.39. The van der Waals surface area contributed by atoms with Gasteiger partial charge in [-0.3, -0.25) is 0 Å². The quantitative estimate of drug-likeness (QED) is 0.747. The van der Waals surface area contributed by atoms with E-state index in [1.807, 2.05) is 0 Å². The molecule has 1 aliphatic heterocycles. The second-order valence-corrected chi connectivity index (χ2v) is 4.75. The van der Waals surface area contributed by atoms with Crippen molar-refractivity contribution in [1.29, 1.82) is 0 Å². The molecule has 0 aliphatic carbocycles. The van der Waals surface area contributed by atoms with Crippen LogP contribution in [0.15, 0.2) is 0 Å². The van der Waals surface area contributed by atoms with Gasteiger partial charge in [-0.05, 0) is 26.4 Å². The molecule has 1 aliphatic rings. The van der Waals surface area contributed by atoms with Crippen molar-refractivity contribution in [3.63, 3.8) is 0 Å². The van der Waals surface area contributed by atoms with Crippen molar-refractivity contribution in [3.05, 3.63) is 0 Å². The van der Waals surface area contributed by atoms with Crippen molar-refractivity contribution in [2.75, 3.05) is 33.8 Å². The van der Waals surface area contributed by atoms with E-state index in [0.29, 0.717) is 18.1 Å². The van der Waals surface area contributed by atoms with Crippen LogP contribution in [0.5, 0.6) is 0 Å². The van der Waals surface area contributed by atoms with Crippen LogP contribution in [0.1, 0.15) is 26.7 Å². The number of likely N-dealkylation sites (N-methyl/N-ethyl adjacent to an activating group) is 2. The molecular weight excluding hydrogens is 188 g/mol. The highest BCUT2D eigenvalue weighted by molar-refractivity contribution is 4.84. The lowest BCUT2D eigenvalue weighted by Gasteiger charge is -2.37. The summed E-state index contributed by atoms with van der Waals surface area (Å²) < 4.78 is 5.86. The molecule has 1 saturated heterocycles. The van der Waals surface area contributed by atoms with E-state index in [9.17, 15) is 0 Å². The lowest BCUT2D eigenvalue weighted by atomic mass is 9.92. The predicted octanol–water partition coefficient (Wildman–Crippen LogP) is 1.34. The van der Waals surface area contributed by atoms with Gasteiger partial charge >= 0.3 is 0 Å². The smallest absolute Gasteiger partial charge is 0.0857 e. The first-order valence-corrected chi connectivity index (χ1v) is 6.16. The average Bonchev–Trinajstić information content (AvgIpc) is 2.19. The molecule has 3 unspecified atom stereocenters. The Morgan fingerprint density at radius 3 is 2.80 bits per heavy atom. The molecule has 90 valence electrons. The first-order valence-electron chi connectivity index (χ1n) is 6.16. The van der Waals surface area contributed by atoms with Crippen LogP contribution in [0.2, 0.25) is 0 Å². The highest BCUT2D eigenvalue weighted by atomic mass is 16.5. The van der Waals surface area contributed by atoms with E-state index in [1.165, 1.54) is 12.8 Å². The molecular formula is C12H26N2O. The van der Waals surface area contributed by atoms with Crippen molar-refractivity contribution in [2.24, 2.45) is 5.92 Å². The third-order valence-corrected chi connectivity index (χ3v) is 3.39. The highest BCUT2D eigenvalue weighted by Crippen LogP contribution is 2.18. The second-order valence-electron chi connectivity index (χ2n) is 4.75. The van der Waals surface area contributed by atoms with Crippen LogP contribution in [-0.4, -0.2) is 50.8 Å². The minimum atomic E-state index is 0.357. The van der Waals surface area contributed by atoms with Gasteiger partial charge in [0.1, 0.15) is 0 Å². The molecule has 0 aromatic carbocycles. The zero-order chi connectivity index (χ0) is 11.3. The van der Waals surface area contributed by atoms with E-state index < -0.39 is 0 Å². The van der Waals surface area contributed by atoms with E-state index in [1.54, 1.807) is 0 Å². The van der Waals surface area contributed by atoms with Crippen molar-refractivity contribution in [1.82, 2.24) is 10.2 Å². The average molecular weight is 214 g/mol. The van der Waals surface area contributed by atoms with Crippen LogP contribution in [0, 0.1) is 5.92 Å². The fraction of sp³-hybridized carbons (Fsp3) is 1.00. The minimum absolute atomic E-state index is 0.357. The van der Waals surface area contributed by atoms with Crippen molar-refractivity contribution in [2.45, 2.75) is 38.8 Å². The van der Waals surface area contributed by atoms with Gasteiger partial charge < -0.3 is 15.0 Å². The normalized spacial score (nSPS) is 27.6. The fourth-order valence-electron chi connectivity index (χ4n) is 2.50. The number of hydrogen-bond acceptors (Lipinski definition) is 3. The summed E-state index contributed by atoms with van der Waals surface area (Å²) in [5, 5.41) is 3.43. The number of ether oxygens (including phenoxy) is 1. The van der Waals surface area contributed by atoms with Gasteiger partial charge in [0.15, 0.2) is 0 Å². The lowest BCUT2D eigenvalue weighted by molar-refractivity contribution is -0.0471. The van der Waals surface area contributed by atoms with Crippen molar-refractivity contribution >= 4 is 0 Å². The van der Waals surface area contributed by atoms with Crippen LogP contribution in [0.25, 0.3) is 0 Å². The van der Waals surface area contributed by atoms with Gasteiger partial charge in [0.05, 0.1) is 12.7 Å². The molecule has 3 heteroatoms. The fourth-order valence-corrected chi connectivity index (χ4v) is 2.50. The van der Waals surface area contributed by atoms with Gasteiger partial charge in [-0.15, -0.1) is 0 Å². The van der Waals surface area contributed by atoms with Gasteiger partial charge in [-0.2, -0.15) is 0 Å². The Labute approximate surface area is 94.2 Å². The minimum Gasteiger partial charge on any atom is -0.374 e. The van der Waals surface area contributed by atoms with Gasteiger partial charge in [0.25, 0.3) is 0 Å². The molecule has 1 rings (SSSR count). The number of morpholine rings is 1. The Hall–Kier alpha value is -0.120. The maximum Gasteiger partial charge on any atom is 0.0857 e. The molecule has 15 heavy (non-hydrogen) atoms. The molecule has 0 radical (unpaired) electrons. The second kappa shape index (κ2) is 6.46. The zero-order valence-corrected chi connectivity index (χ0v) is 10.6. The first kappa shape index (κ1) is 12.9. The van der Waals surface area contributed by atoms with Gasteiger partial charge in [-0.1, -0.05) is 20.3 Å². The molecule has 1 N–H and O–H groups in total. The summed E-state index contributed by atoms with van der Waals surface area (Å²) in [4.78, 5) is 2.36. The zero-order valence-electron chi connectivity index (χ0n) is 10.6. The largest absolute Gasteiger partial charge is 0.374 e. The monoisotopic (exact) mass is 214 g/mol. The summed E-state index contributed by atoms with van der Waals surface area (Å²) in [5.74, 6) is 0.691. The Balaban J connectivity index is 2.48. The van der Waals surface area contributed by atoms with Crippen molar-refractivity contribution < 1.29 is 4.74 Å². The maximum absolute atomic E-state index is 5.86. The molecule has 1 fully saturated rings. The Bertz CT molecular complexity index is 175. The van der Waals surface area contributed by atoms with Crippen LogP contribution < -0.4 is 5.32 Å². The van der Waals surface area contributed by atoms with Crippen molar-refractivity contribution in [3.8, 4) is 0 Å². The molecule has 0 aromatic heterocycles. The summed E-state index contributed by atoms with van der Waals surface area (Å²) in [7, 11) is 4.22. The van der Waals surface area contributed by atoms with E-state index in [-0.39, 0.29) is 0 Å². The van der Waals surface area contributed by atoms with Crippen LogP contribution in [-0.2, 0) is 4.74 Å². The summed E-state index contributed by atoms with van der Waals surface area (Å²) in [6, 6.07) is 0.493. The molecule has 3 nitrogen and oxygen atoms in total. The van der Waals surface area contributed by atoms with E-state index in [0.717, 1.165) is 19.7 Å². The molecule has 3 atom stereocenters. The summed E-state index contributed by atoms with van der Waals surface area (Å²) in [5.41, 5.74) is 0. The highest BCUT2D eigenvalue weighted by Gasteiger charge is 2.29. The number of rotatable bonds is 5. The van der Waals surface area contributed by atoms with E-state index in [4.69, 9.17) is 4.74 Å². The maximum atomic E-state index is 5.86. The van der Waals surface area contributed by atoms with Gasteiger partial charge in [-0.25, -0.2) is 0 Å². The Morgan fingerprint density at radius 1 is 1.53 bits per heavy atom. The SMILES string of the molecule is CCCC(C)C(NC)C1CN(C)CCO1. The number of nitrogens with zero attached hydrogens (tertiary/aromatic N) is 1. The van der Waals surface area contributed by atoms with Crippen LogP contribution in [0.4, 0.5) is 0 Å². The van der Waals surface area contributed by atoms with E-state index in [2.05, 4.69) is 38.2 Å². The molecule has 0 saturated carbocycles. The number of hydrogen-bond donors (Lipinski definition) is 1. The summed E-state index contributed by atoms with van der Waals surface area (Å²) in [6.45, 7) is 7.56. The third kappa shape index (κ3) is 3.74. The topological polar surface area (TPSA) is 24.5 Å². The van der Waals surface area contributed by atoms with Gasteiger partial charge in [0, 0.05) is 19.1 Å². The summed E-state index contributed by atoms with van der Waals surface area (Å²) >= 11 is 0. The summed E-state index contributed by atoms with van der Waals surface area (Å²) in [6.07, 6.45) is 2.88. The molecule has 0 amide bonds. The number of nitrogens with one attached hydrogen (secondary N) is 1. The lowest BCUT2D eigenvalue weighted by Crippen LogP contribution is -2.52. The molecule has 0 aromatic rings. The Kier molecular flexibility index (Phi) is 5.58. The molecule has 0 spiro atoms. The first-order chi connectivity index (χ1) is 7.19.